The minimum atomic E-state index is 0.173. The van der Waals surface area contributed by atoms with Crippen LogP contribution in [0.2, 0.25) is 0 Å². The Balaban J connectivity index is 1.91. The van der Waals surface area contributed by atoms with Gasteiger partial charge < -0.3 is 20.5 Å². The molecule has 4 heteroatoms. The molecule has 1 aromatic carbocycles. The van der Waals surface area contributed by atoms with E-state index in [1.807, 2.05) is 6.07 Å². The van der Waals surface area contributed by atoms with Crippen molar-refractivity contribution in [1.82, 2.24) is 5.32 Å². The predicted octanol–water partition coefficient (Wildman–Crippen LogP) is 1.56. The van der Waals surface area contributed by atoms with E-state index in [9.17, 15) is 5.11 Å². The summed E-state index contributed by atoms with van der Waals surface area (Å²) in [5.74, 6) is 0.677. The Kier molecular flexibility index (Phi) is 3.51. The van der Waals surface area contributed by atoms with Crippen LogP contribution in [0.1, 0.15) is 12.8 Å². The number of phenols is 1. The molecule has 1 aliphatic heterocycles. The van der Waals surface area contributed by atoms with Crippen LogP contribution in [-0.4, -0.2) is 31.3 Å². The third kappa shape index (κ3) is 2.58. The lowest BCUT2D eigenvalue weighted by Crippen LogP contribution is -2.29. The lowest BCUT2D eigenvalue weighted by Gasteiger charge is -2.13. The number of ether oxygens (including phenoxy) is 1. The van der Waals surface area contributed by atoms with Crippen LogP contribution in [0, 0.1) is 0 Å². The zero-order valence-corrected chi connectivity index (χ0v) is 9.49. The molecule has 0 aliphatic carbocycles. The summed E-state index contributed by atoms with van der Waals surface area (Å²) in [6.45, 7) is 2.01. The number of hydrogen-bond donors (Lipinski definition) is 3. The number of nitrogens with one attached hydrogen (secondary N) is 2. The number of benzene rings is 1. The molecule has 1 unspecified atom stereocenters. The second-order valence-electron chi connectivity index (χ2n) is 4.06. The van der Waals surface area contributed by atoms with Crippen molar-refractivity contribution < 1.29 is 9.84 Å². The van der Waals surface area contributed by atoms with Gasteiger partial charge in [-0.25, -0.2) is 0 Å². The van der Waals surface area contributed by atoms with E-state index in [4.69, 9.17) is 4.74 Å². The van der Waals surface area contributed by atoms with E-state index in [1.165, 1.54) is 12.8 Å². The van der Waals surface area contributed by atoms with Crippen LogP contribution in [0.15, 0.2) is 18.2 Å². The van der Waals surface area contributed by atoms with Gasteiger partial charge >= 0.3 is 0 Å². The number of rotatable bonds is 4. The van der Waals surface area contributed by atoms with Gasteiger partial charge in [-0.3, -0.25) is 0 Å². The molecule has 1 fully saturated rings. The van der Waals surface area contributed by atoms with Crippen molar-refractivity contribution in [1.29, 1.82) is 0 Å². The van der Waals surface area contributed by atoms with Crippen molar-refractivity contribution >= 4 is 5.69 Å². The lowest BCUT2D eigenvalue weighted by molar-refractivity contribution is 0.373. The molecule has 16 heavy (non-hydrogen) atoms. The predicted molar refractivity (Wildman–Crippen MR) is 64.2 cm³/mol. The van der Waals surface area contributed by atoms with E-state index in [0.717, 1.165) is 18.8 Å². The van der Waals surface area contributed by atoms with Crippen LogP contribution in [0.3, 0.4) is 0 Å². The van der Waals surface area contributed by atoms with E-state index in [1.54, 1.807) is 19.2 Å². The van der Waals surface area contributed by atoms with Crippen molar-refractivity contribution in [3.05, 3.63) is 18.2 Å². The first kappa shape index (κ1) is 11.1. The highest BCUT2D eigenvalue weighted by Gasteiger charge is 2.13. The van der Waals surface area contributed by atoms with Crippen LogP contribution in [-0.2, 0) is 0 Å². The second-order valence-corrected chi connectivity index (χ2v) is 4.06. The Morgan fingerprint density at radius 1 is 1.56 bits per heavy atom. The summed E-state index contributed by atoms with van der Waals surface area (Å²) >= 11 is 0. The third-order valence-corrected chi connectivity index (χ3v) is 2.89. The van der Waals surface area contributed by atoms with Gasteiger partial charge in [-0.05, 0) is 31.5 Å². The molecule has 4 nitrogen and oxygen atoms in total. The monoisotopic (exact) mass is 222 g/mol. The summed E-state index contributed by atoms with van der Waals surface area (Å²) in [6.07, 6.45) is 2.47. The highest BCUT2D eigenvalue weighted by atomic mass is 16.5. The molecule has 0 amide bonds. The van der Waals surface area contributed by atoms with E-state index < -0.39 is 0 Å². The first-order valence-corrected chi connectivity index (χ1v) is 5.64. The number of methoxy groups -OCH3 is 1. The Morgan fingerprint density at radius 3 is 3.06 bits per heavy atom. The van der Waals surface area contributed by atoms with E-state index in [0.29, 0.717) is 11.8 Å². The quantitative estimate of drug-likeness (QED) is 0.723. The number of aromatic hydroxyl groups is 1. The summed E-state index contributed by atoms with van der Waals surface area (Å²) in [5.41, 5.74) is 0.923. The molecule has 0 saturated carbocycles. The molecule has 0 bridgehead atoms. The number of anilines is 1. The fourth-order valence-electron chi connectivity index (χ4n) is 1.97. The Bertz CT molecular complexity index is 349. The van der Waals surface area contributed by atoms with Crippen LogP contribution >= 0.6 is 0 Å². The smallest absolute Gasteiger partial charge is 0.160 e. The van der Waals surface area contributed by atoms with E-state index in [2.05, 4.69) is 10.6 Å². The van der Waals surface area contributed by atoms with Gasteiger partial charge in [0, 0.05) is 24.3 Å². The summed E-state index contributed by atoms with van der Waals surface area (Å²) in [6, 6.07) is 5.91. The normalized spacial score (nSPS) is 19.7. The average Bonchev–Trinajstić information content (AvgIpc) is 2.79. The number of phenolic OH excluding ortho intramolecular Hbond substituents is 1. The van der Waals surface area contributed by atoms with Crippen molar-refractivity contribution in [3.63, 3.8) is 0 Å². The molecule has 1 aromatic rings. The average molecular weight is 222 g/mol. The van der Waals surface area contributed by atoms with Gasteiger partial charge in [0.2, 0.25) is 0 Å². The third-order valence-electron chi connectivity index (χ3n) is 2.89. The van der Waals surface area contributed by atoms with Crippen LogP contribution in [0.5, 0.6) is 11.5 Å². The minimum absolute atomic E-state index is 0.173. The van der Waals surface area contributed by atoms with Crippen LogP contribution < -0.4 is 15.4 Å². The molecule has 1 saturated heterocycles. The van der Waals surface area contributed by atoms with Gasteiger partial charge in [0.25, 0.3) is 0 Å². The summed E-state index contributed by atoms with van der Waals surface area (Å²) < 4.78 is 4.99. The molecule has 1 atom stereocenters. The first-order valence-electron chi connectivity index (χ1n) is 5.64. The van der Waals surface area contributed by atoms with Crippen molar-refractivity contribution in [2.24, 2.45) is 0 Å². The molecular weight excluding hydrogens is 204 g/mol. The van der Waals surface area contributed by atoms with Gasteiger partial charge in [0.1, 0.15) is 0 Å². The molecule has 0 aromatic heterocycles. The van der Waals surface area contributed by atoms with Crippen LogP contribution in [0.25, 0.3) is 0 Å². The maximum absolute atomic E-state index is 9.60. The second kappa shape index (κ2) is 5.07. The van der Waals surface area contributed by atoms with Crippen molar-refractivity contribution in [2.75, 3.05) is 25.5 Å². The van der Waals surface area contributed by atoms with Gasteiger partial charge in [-0.1, -0.05) is 0 Å². The highest BCUT2D eigenvalue weighted by molar-refractivity contribution is 5.54. The Labute approximate surface area is 95.6 Å². The summed E-state index contributed by atoms with van der Waals surface area (Å²) in [5, 5.41) is 16.3. The Hall–Kier alpha value is -1.42. The molecule has 1 heterocycles. The van der Waals surface area contributed by atoms with Gasteiger partial charge in [0.05, 0.1) is 7.11 Å². The first-order chi connectivity index (χ1) is 7.79. The topological polar surface area (TPSA) is 53.5 Å². The molecule has 3 N–H and O–H groups in total. The zero-order valence-electron chi connectivity index (χ0n) is 9.49. The number of hydrogen-bond acceptors (Lipinski definition) is 4. The summed E-state index contributed by atoms with van der Waals surface area (Å²) in [7, 11) is 1.55. The van der Waals surface area contributed by atoms with E-state index in [-0.39, 0.29) is 5.75 Å². The molecule has 0 spiro atoms. The maximum Gasteiger partial charge on any atom is 0.160 e. The molecule has 0 radical (unpaired) electrons. The van der Waals surface area contributed by atoms with Crippen LogP contribution in [0.4, 0.5) is 5.69 Å². The standard InChI is InChI=1S/C12H18N2O2/c1-16-12-5-4-9(7-11(12)15)14-8-10-3-2-6-13-10/h4-5,7,10,13-15H,2-3,6,8H2,1H3. The fourth-order valence-corrected chi connectivity index (χ4v) is 1.97. The zero-order chi connectivity index (χ0) is 11.4. The molecule has 88 valence electrons. The molecule has 2 rings (SSSR count). The summed E-state index contributed by atoms with van der Waals surface area (Å²) in [4.78, 5) is 0. The van der Waals surface area contributed by atoms with Gasteiger partial charge in [-0.2, -0.15) is 0 Å². The van der Waals surface area contributed by atoms with Crippen molar-refractivity contribution in [2.45, 2.75) is 18.9 Å². The molecule has 1 aliphatic rings. The largest absolute Gasteiger partial charge is 0.504 e. The molecular formula is C12H18N2O2. The lowest BCUT2D eigenvalue weighted by atomic mass is 10.2. The van der Waals surface area contributed by atoms with Gasteiger partial charge in [-0.15, -0.1) is 0 Å². The maximum atomic E-state index is 9.60. The SMILES string of the molecule is COc1ccc(NCC2CCCN2)cc1O. The van der Waals surface area contributed by atoms with Gasteiger partial charge in [0.15, 0.2) is 11.5 Å². The van der Waals surface area contributed by atoms with Crippen molar-refractivity contribution in [3.8, 4) is 11.5 Å². The van der Waals surface area contributed by atoms with E-state index >= 15 is 0 Å². The Morgan fingerprint density at radius 2 is 2.44 bits per heavy atom. The highest BCUT2D eigenvalue weighted by Crippen LogP contribution is 2.28. The minimum Gasteiger partial charge on any atom is -0.504 e. The fraction of sp³-hybridized carbons (Fsp3) is 0.500.